The van der Waals surface area contributed by atoms with Gasteiger partial charge in [0.1, 0.15) is 11.9 Å². The highest BCUT2D eigenvalue weighted by Gasteiger charge is 2.24. The number of rotatable bonds is 7. The Bertz CT molecular complexity index is 356. The molecule has 0 spiro atoms. The minimum atomic E-state index is -0.855. The summed E-state index contributed by atoms with van der Waals surface area (Å²) in [6, 6.07) is 0. The first-order valence-corrected chi connectivity index (χ1v) is 6.34. The Balaban J connectivity index is 2.65. The van der Waals surface area contributed by atoms with E-state index >= 15 is 0 Å². The summed E-state index contributed by atoms with van der Waals surface area (Å²) in [5, 5.41) is 9.95. The lowest BCUT2D eigenvalue weighted by atomic mass is 9.92. The van der Waals surface area contributed by atoms with Gasteiger partial charge in [-0.1, -0.05) is 26.7 Å². The van der Waals surface area contributed by atoms with Crippen LogP contribution in [-0.2, 0) is 17.8 Å². The second-order valence-electron chi connectivity index (χ2n) is 4.29. The van der Waals surface area contributed by atoms with Gasteiger partial charge < -0.3 is 9.67 Å². The lowest BCUT2D eigenvalue weighted by molar-refractivity contribution is -0.129. The van der Waals surface area contributed by atoms with Gasteiger partial charge >= 0.3 is 0 Å². The maximum atomic E-state index is 11.9. The summed E-state index contributed by atoms with van der Waals surface area (Å²) < 4.78 is 1.93. The van der Waals surface area contributed by atoms with Crippen LogP contribution in [0.1, 0.15) is 39.4 Å². The molecule has 0 bridgehead atoms. The number of hydrogen-bond acceptors (Lipinski definition) is 3. The molecule has 0 fully saturated rings. The van der Waals surface area contributed by atoms with Gasteiger partial charge in [-0.05, 0) is 12.8 Å². The van der Waals surface area contributed by atoms with Crippen molar-refractivity contribution in [1.29, 1.82) is 0 Å². The molecule has 1 heterocycles. The average molecular weight is 238 g/mol. The van der Waals surface area contributed by atoms with Crippen molar-refractivity contribution in [1.82, 2.24) is 9.55 Å². The fraction of sp³-hybridized carbons (Fsp3) is 0.692. The highest BCUT2D eigenvalue weighted by molar-refractivity contribution is 5.84. The molecule has 0 amide bonds. The zero-order valence-electron chi connectivity index (χ0n) is 10.9. The summed E-state index contributed by atoms with van der Waals surface area (Å²) in [6.45, 7) is 6.80. The van der Waals surface area contributed by atoms with Gasteiger partial charge in [0.05, 0.1) is 6.42 Å². The Morgan fingerprint density at radius 3 is 2.59 bits per heavy atom. The van der Waals surface area contributed by atoms with Crippen LogP contribution in [0.5, 0.6) is 0 Å². The Morgan fingerprint density at radius 1 is 1.41 bits per heavy atom. The van der Waals surface area contributed by atoms with Gasteiger partial charge in [0, 0.05) is 18.9 Å². The lowest BCUT2D eigenvalue weighted by Crippen LogP contribution is -2.31. The van der Waals surface area contributed by atoms with Crippen molar-refractivity contribution in [2.45, 2.75) is 52.7 Å². The molecule has 1 rings (SSSR count). The topological polar surface area (TPSA) is 55.1 Å². The molecule has 1 aromatic heterocycles. The van der Waals surface area contributed by atoms with Gasteiger partial charge in [0.25, 0.3) is 0 Å². The molecule has 0 aromatic carbocycles. The smallest absolute Gasteiger partial charge is 0.169 e. The number of ketones is 1. The molecule has 0 aliphatic rings. The monoisotopic (exact) mass is 238 g/mol. The number of aryl methyl sites for hydroxylation is 1. The highest BCUT2D eigenvalue weighted by atomic mass is 16.3. The highest BCUT2D eigenvalue weighted by Crippen LogP contribution is 2.15. The largest absolute Gasteiger partial charge is 0.385 e. The molecular formula is C13H22N2O2. The van der Waals surface area contributed by atoms with E-state index in [2.05, 4.69) is 4.98 Å². The van der Waals surface area contributed by atoms with E-state index < -0.39 is 6.10 Å². The third-order valence-corrected chi connectivity index (χ3v) is 3.30. The number of Topliss-reactive ketones (excluding diaryl/α,β-unsaturated/α-hetero) is 1. The van der Waals surface area contributed by atoms with Gasteiger partial charge in [0.15, 0.2) is 5.78 Å². The van der Waals surface area contributed by atoms with Crippen molar-refractivity contribution in [3.05, 3.63) is 18.2 Å². The maximum absolute atomic E-state index is 11.9. The lowest BCUT2D eigenvalue weighted by Gasteiger charge is -2.18. The Morgan fingerprint density at radius 2 is 2.06 bits per heavy atom. The predicted octanol–water partition coefficient (Wildman–Crippen LogP) is 1.81. The molecule has 0 saturated carbocycles. The number of aliphatic hydroxyl groups excluding tert-OH is 1. The number of nitrogens with zero attached hydrogens (tertiary/aromatic N) is 2. The molecule has 1 aromatic rings. The Hall–Kier alpha value is -1.16. The summed E-state index contributed by atoms with van der Waals surface area (Å²) in [6.07, 6.45) is 4.56. The fourth-order valence-corrected chi connectivity index (χ4v) is 2.05. The number of carbonyl (C=O) groups excluding carboxylic acids is 1. The van der Waals surface area contributed by atoms with Crippen LogP contribution in [0.3, 0.4) is 0 Å². The number of hydrogen-bond donors (Lipinski definition) is 1. The predicted molar refractivity (Wildman–Crippen MR) is 66.7 cm³/mol. The number of carbonyl (C=O) groups is 1. The molecule has 96 valence electrons. The van der Waals surface area contributed by atoms with E-state index in [1.54, 1.807) is 6.20 Å². The molecule has 0 aliphatic heterocycles. The summed E-state index contributed by atoms with van der Waals surface area (Å²) >= 11 is 0. The average Bonchev–Trinajstić information content (AvgIpc) is 2.77. The summed E-state index contributed by atoms with van der Waals surface area (Å²) in [7, 11) is 0. The van der Waals surface area contributed by atoms with Crippen molar-refractivity contribution >= 4 is 5.78 Å². The van der Waals surface area contributed by atoms with Crippen LogP contribution in [0.2, 0.25) is 0 Å². The molecule has 1 atom stereocenters. The molecule has 1 unspecified atom stereocenters. The Labute approximate surface area is 103 Å². The van der Waals surface area contributed by atoms with Gasteiger partial charge in [0.2, 0.25) is 0 Å². The normalized spacial score (nSPS) is 13.0. The SMILES string of the molecule is CCC(CC)C(O)C(=O)Cc1nccn1CC. The number of imidazole rings is 1. The van der Waals surface area contributed by atoms with Crippen molar-refractivity contribution in [3.63, 3.8) is 0 Å². The third-order valence-electron chi connectivity index (χ3n) is 3.30. The van der Waals surface area contributed by atoms with Crippen LogP contribution in [-0.4, -0.2) is 26.5 Å². The van der Waals surface area contributed by atoms with Crippen molar-refractivity contribution in [2.75, 3.05) is 0 Å². The second kappa shape index (κ2) is 6.55. The molecular weight excluding hydrogens is 216 g/mol. The van der Waals surface area contributed by atoms with Gasteiger partial charge in [-0.2, -0.15) is 0 Å². The molecule has 1 N–H and O–H groups in total. The van der Waals surface area contributed by atoms with Crippen LogP contribution in [0.4, 0.5) is 0 Å². The summed E-state index contributed by atoms with van der Waals surface area (Å²) in [5.74, 6) is 0.676. The molecule has 0 radical (unpaired) electrons. The number of aromatic nitrogens is 2. The zero-order chi connectivity index (χ0) is 12.8. The first kappa shape index (κ1) is 13.9. The molecule has 4 heteroatoms. The standard InChI is InChI=1S/C13H22N2O2/c1-4-10(5-2)13(17)11(16)9-12-14-7-8-15(12)6-3/h7-8,10,13,17H,4-6,9H2,1-3H3. The van der Waals surface area contributed by atoms with E-state index in [9.17, 15) is 9.90 Å². The Kier molecular flexibility index (Phi) is 5.35. The van der Waals surface area contributed by atoms with Crippen molar-refractivity contribution in [2.24, 2.45) is 5.92 Å². The summed E-state index contributed by atoms with van der Waals surface area (Å²) in [5.41, 5.74) is 0. The van der Waals surface area contributed by atoms with Gasteiger partial charge in [-0.25, -0.2) is 4.98 Å². The van der Waals surface area contributed by atoms with Crippen LogP contribution >= 0.6 is 0 Å². The van der Waals surface area contributed by atoms with Gasteiger partial charge in [-0.15, -0.1) is 0 Å². The summed E-state index contributed by atoms with van der Waals surface area (Å²) in [4.78, 5) is 16.1. The number of aliphatic hydroxyl groups is 1. The van der Waals surface area contributed by atoms with Crippen LogP contribution in [0.15, 0.2) is 12.4 Å². The van der Waals surface area contributed by atoms with Crippen LogP contribution in [0.25, 0.3) is 0 Å². The van der Waals surface area contributed by atoms with Crippen LogP contribution < -0.4 is 0 Å². The van der Waals surface area contributed by atoms with Gasteiger partial charge in [-0.3, -0.25) is 4.79 Å². The van der Waals surface area contributed by atoms with E-state index in [4.69, 9.17) is 0 Å². The van der Waals surface area contributed by atoms with Crippen molar-refractivity contribution < 1.29 is 9.90 Å². The van der Waals surface area contributed by atoms with E-state index in [-0.39, 0.29) is 18.1 Å². The molecule has 0 saturated heterocycles. The maximum Gasteiger partial charge on any atom is 0.169 e. The first-order valence-electron chi connectivity index (χ1n) is 6.34. The molecule has 17 heavy (non-hydrogen) atoms. The molecule has 0 aliphatic carbocycles. The van der Waals surface area contributed by atoms with E-state index in [1.807, 2.05) is 31.5 Å². The van der Waals surface area contributed by atoms with E-state index in [1.165, 1.54) is 0 Å². The fourth-order valence-electron chi connectivity index (χ4n) is 2.05. The van der Waals surface area contributed by atoms with Crippen LogP contribution in [0, 0.1) is 5.92 Å². The van der Waals surface area contributed by atoms with E-state index in [0.29, 0.717) is 0 Å². The quantitative estimate of drug-likeness (QED) is 0.788. The minimum absolute atomic E-state index is 0.0625. The first-order chi connectivity index (χ1) is 8.13. The minimum Gasteiger partial charge on any atom is -0.385 e. The second-order valence-corrected chi connectivity index (χ2v) is 4.29. The van der Waals surface area contributed by atoms with Crippen molar-refractivity contribution in [3.8, 4) is 0 Å². The third kappa shape index (κ3) is 3.40. The zero-order valence-corrected chi connectivity index (χ0v) is 10.9. The molecule has 4 nitrogen and oxygen atoms in total. The van der Waals surface area contributed by atoms with E-state index in [0.717, 1.165) is 25.2 Å².